The number of halogens is 1. The third-order valence-corrected chi connectivity index (χ3v) is 3.24. The van der Waals surface area contributed by atoms with Crippen molar-refractivity contribution >= 4 is 23.1 Å². The van der Waals surface area contributed by atoms with E-state index >= 15 is 0 Å². The fourth-order valence-corrected chi connectivity index (χ4v) is 2.21. The summed E-state index contributed by atoms with van der Waals surface area (Å²) >= 11 is 1.61. The fraction of sp³-hybridized carbons (Fsp3) is 0.417. The van der Waals surface area contributed by atoms with Crippen LogP contribution in [0.15, 0.2) is 11.6 Å². The van der Waals surface area contributed by atoms with Crippen LogP contribution in [0.2, 0.25) is 0 Å². The molecule has 102 valence electrons. The molecule has 2 heterocycles. The molecule has 0 aromatic carbocycles. The molecule has 0 atom stereocenters. The molecule has 0 bridgehead atoms. The standard InChI is InChI=1S/C12H16FN5S/c1-3-14-12-16-6-10(13)11(18-12)15-5-4-9-7-19-8(2)17-9/h6-7H,3-5H2,1-2H3,(H2,14,15,16,18). The molecule has 2 N–H and O–H groups in total. The maximum Gasteiger partial charge on any atom is 0.224 e. The lowest BCUT2D eigenvalue weighted by atomic mass is 10.3. The van der Waals surface area contributed by atoms with Gasteiger partial charge < -0.3 is 10.6 Å². The first-order valence-corrected chi connectivity index (χ1v) is 6.98. The summed E-state index contributed by atoms with van der Waals surface area (Å²) in [6.45, 7) is 5.19. The van der Waals surface area contributed by atoms with Crippen molar-refractivity contribution < 1.29 is 4.39 Å². The summed E-state index contributed by atoms with van der Waals surface area (Å²) < 4.78 is 13.5. The van der Waals surface area contributed by atoms with Gasteiger partial charge in [0, 0.05) is 24.9 Å². The second-order valence-electron chi connectivity index (χ2n) is 3.96. The van der Waals surface area contributed by atoms with Gasteiger partial charge in [0.15, 0.2) is 11.6 Å². The lowest BCUT2D eigenvalue weighted by Crippen LogP contribution is -2.11. The van der Waals surface area contributed by atoms with Gasteiger partial charge in [-0.05, 0) is 13.8 Å². The molecule has 0 radical (unpaired) electrons. The van der Waals surface area contributed by atoms with Gasteiger partial charge in [0.25, 0.3) is 0 Å². The minimum absolute atomic E-state index is 0.220. The largest absolute Gasteiger partial charge is 0.367 e. The Kier molecular flexibility index (Phi) is 4.62. The lowest BCUT2D eigenvalue weighted by molar-refractivity contribution is 0.617. The highest BCUT2D eigenvalue weighted by molar-refractivity contribution is 7.09. The van der Waals surface area contributed by atoms with E-state index in [1.807, 2.05) is 19.2 Å². The van der Waals surface area contributed by atoms with E-state index in [2.05, 4.69) is 25.6 Å². The number of rotatable bonds is 6. The number of thiazole rings is 1. The Balaban J connectivity index is 1.93. The van der Waals surface area contributed by atoms with Gasteiger partial charge in [-0.1, -0.05) is 0 Å². The van der Waals surface area contributed by atoms with Crippen LogP contribution in [0.25, 0.3) is 0 Å². The van der Waals surface area contributed by atoms with Gasteiger partial charge in [0.05, 0.1) is 16.9 Å². The number of nitrogens with one attached hydrogen (secondary N) is 2. The van der Waals surface area contributed by atoms with Gasteiger partial charge in [-0.2, -0.15) is 4.98 Å². The average molecular weight is 281 g/mol. The summed E-state index contributed by atoms with van der Waals surface area (Å²) in [4.78, 5) is 12.3. The summed E-state index contributed by atoms with van der Waals surface area (Å²) in [6, 6.07) is 0. The average Bonchev–Trinajstić information content (AvgIpc) is 2.79. The molecule has 2 aromatic heterocycles. The number of aromatic nitrogens is 3. The Labute approximate surface area is 115 Å². The van der Waals surface area contributed by atoms with E-state index in [4.69, 9.17) is 0 Å². The first-order chi connectivity index (χ1) is 9.19. The third-order valence-electron chi connectivity index (χ3n) is 2.42. The first-order valence-electron chi connectivity index (χ1n) is 6.10. The van der Waals surface area contributed by atoms with Gasteiger partial charge in [-0.25, -0.2) is 14.4 Å². The Hall–Kier alpha value is -1.76. The summed E-state index contributed by atoms with van der Waals surface area (Å²) in [5, 5.41) is 8.97. The highest BCUT2D eigenvalue weighted by Gasteiger charge is 2.06. The molecule has 0 saturated carbocycles. The van der Waals surface area contributed by atoms with Crippen molar-refractivity contribution in [2.75, 3.05) is 23.7 Å². The number of hydrogen-bond acceptors (Lipinski definition) is 6. The molecular formula is C12H16FN5S. The normalized spacial score (nSPS) is 10.5. The first kappa shape index (κ1) is 13.7. The summed E-state index contributed by atoms with van der Waals surface area (Å²) in [6.07, 6.45) is 1.91. The van der Waals surface area contributed by atoms with E-state index < -0.39 is 5.82 Å². The van der Waals surface area contributed by atoms with Gasteiger partial charge >= 0.3 is 0 Å². The van der Waals surface area contributed by atoms with Crippen molar-refractivity contribution in [3.8, 4) is 0 Å². The maximum atomic E-state index is 13.5. The Morgan fingerprint density at radius 2 is 2.16 bits per heavy atom. The topological polar surface area (TPSA) is 62.7 Å². The molecule has 0 amide bonds. The zero-order valence-corrected chi connectivity index (χ0v) is 11.7. The van der Waals surface area contributed by atoms with Crippen LogP contribution in [-0.4, -0.2) is 28.0 Å². The molecule has 0 aliphatic carbocycles. The van der Waals surface area contributed by atoms with Crippen LogP contribution in [0.5, 0.6) is 0 Å². The molecular weight excluding hydrogens is 265 g/mol. The van der Waals surface area contributed by atoms with Crippen LogP contribution in [0.1, 0.15) is 17.6 Å². The SMILES string of the molecule is CCNc1ncc(F)c(NCCc2csc(C)n2)n1. The summed E-state index contributed by atoms with van der Waals surface area (Å²) in [5.41, 5.74) is 1.01. The molecule has 0 aliphatic heterocycles. The van der Waals surface area contributed by atoms with Crippen molar-refractivity contribution in [1.82, 2.24) is 15.0 Å². The molecule has 2 rings (SSSR count). The number of hydrogen-bond donors (Lipinski definition) is 2. The quantitative estimate of drug-likeness (QED) is 0.851. The van der Waals surface area contributed by atoms with E-state index in [1.165, 1.54) is 6.20 Å². The Bertz CT molecular complexity index is 543. The smallest absolute Gasteiger partial charge is 0.224 e. The molecule has 2 aromatic rings. The minimum atomic E-state index is -0.448. The number of nitrogens with zero attached hydrogens (tertiary/aromatic N) is 3. The highest BCUT2D eigenvalue weighted by Crippen LogP contribution is 2.13. The van der Waals surface area contributed by atoms with Gasteiger partial charge in [0.1, 0.15) is 0 Å². The molecule has 0 aliphatic rings. The maximum absolute atomic E-state index is 13.5. The molecule has 7 heteroatoms. The van der Waals surface area contributed by atoms with E-state index in [1.54, 1.807) is 11.3 Å². The third kappa shape index (κ3) is 3.85. The highest BCUT2D eigenvalue weighted by atomic mass is 32.1. The van der Waals surface area contributed by atoms with Crippen LogP contribution in [0.3, 0.4) is 0 Å². The van der Waals surface area contributed by atoms with E-state index in [9.17, 15) is 4.39 Å². The van der Waals surface area contributed by atoms with Crippen LogP contribution in [-0.2, 0) is 6.42 Å². The van der Waals surface area contributed by atoms with E-state index in [0.29, 0.717) is 19.0 Å². The van der Waals surface area contributed by atoms with Crippen LogP contribution in [0, 0.1) is 12.7 Å². The second kappa shape index (κ2) is 6.42. The number of aryl methyl sites for hydroxylation is 1. The molecule has 0 spiro atoms. The second-order valence-corrected chi connectivity index (χ2v) is 5.02. The van der Waals surface area contributed by atoms with Crippen molar-refractivity contribution in [2.45, 2.75) is 20.3 Å². The van der Waals surface area contributed by atoms with Crippen LogP contribution in [0.4, 0.5) is 16.2 Å². The predicted molar refractivity (Wildman–Crippen MR) is 75.2 cm³/mol. The molecule has 5 nitrogen and oxygen atoms in total. The van der Waals surface area contributed by atoms with Crippen molar-refractivity contribution in [3.63, 3.8) is 0 Å². The van der Waals surface area contributed by atoms with Crippen molar-refractivity contribution in [3.05, 3.63) is 28.1 Å². The summed E-state index contributed by atoms with van der Waals surface area (Å²) in [7, 11) is 0. The summed E-state index contributed by atoms with van der Waals surface area (Å²) in [5.74, 6) is 0.199. The zero-order valence-electron chi connectivity index (χ0n) is 10.9. The Morgan fingerprint density at radius 3 is 2.84 bits per heavy atom. The number of anilines is 2. The Morgan fingerprint density at radius 1 is 1.32 bits per heavy atom. The monoisotopic (exact) mass is 281 g/mol. The van der Waals surface area contributed by atoms with Gasteiger partial charge in [-0.3, -0.25) is 0 Å². The zero-order chi connectivity index (χ0) is 13.7. The van der Waals surface area contributed by atoms with Crippen LogP contribution >= 0.6 is 11.3 Å². The van der Waals surface area contributed by atoms with E-state index in [0.717, 1.165) is 17.1 Å². The van der Waals surface area contributed by atoms with E-state index in [-0.39, 0.29) is 5.82 Å². The van der Waals surface area contributed by atoms with Gasteiger partial charge in [-0.15, -0.1) is 11.3 Å². The van der Waals surface area contributed by atoms with Crippen molar-refractivity contribution in [1.29, 1.82) is 0 Å². The fourth-order valence-electron chi connectivity index (χ4n) is 1.57. The molecule has 19 heavy (non-hydrogen) atoms. The van der Waals surface area contributed by atoms with Gasteiger partial charge in [0.2, 0.25) is 5.95 Å². The minimum Gasteiger partial charge on any atom is -0.367 e. The van der Waals surface area contributed by atoms with Crippen LogP contribution < -0.4 is 10.6 Å². The lowest BCUT2D eigenvalue weighted by Gasteiger charge is -2.07. The molecule has 0 unspecified atom stereocenters. The molecule has 0 saturated heterocycles. The predicted octanol–water partition coefficient (Wildman–Crippen LogP) is 2.47. The molecule has 0 fully saturated rings. The van der Waals surface area contributed by atoms with Crippen molar-refractivity contribution in [2.24, 2.45) is 0 Å².